The van der Waals surface area contributed by atoms with E-state index in [4.69, 9.17) is 4.74 Å². The van der Waals surface area contributed by atoms with Gasteiger partial charge in [-0.25, -0.2) is 4.79 Å². The van der Waals surface area contributed by atoms with Crippen molar-refractivity contribution >= 4 is 11.9 Å². The second-order valence-electron chi connectivity index (χ2n) is 5.34. The van der Waals surface area contributed by atoms with Crippen molar-refractivity contribution in [3.63, 3.8) is 0 Å². The lowest BCUT2D eigenvalue weighted by Gasteiger charge is -2.28. The van der Waals surface area contributed by atoms with E-state index in [0.29, 0.717) is 24.3 Å². The van der Waals surface area contributed by atoms with Gasteiger partial charge in [-0.2, -0.15) is 0 Å². The van der Waals surface area contributed by atoms with Crippen molar-refractivity contribution in [3.05, 3.63) is 34.4 Å². The van der Waals surface area contributed by atoms with Crippen LogP contribution in [0.3, 0.4) is 0 Å². The van der Waals surface area contributed by atoms with Gasteiger partial charge in [0.25, 0.3) is 5.91 Å². The number of benzene rings is 1. The normalized spacial score (nSPS) is 10.8. The molecule has 0 fully saturated rings. The smallest absolute Gasteiger partial charge is 0.336 e. The topological polar surface area (TPSA) is 66.8 Å². The van der Waals surface area contributed by atoms with E-state index in [1.165, 1.54) is 0 Å². The van der Waals surface area contributed by atoms with E-state index >= 15 is 0 Å². The fourth-order valence-corrected chi connectivity index (χ4v) is 2.29. The van der Waals surface area contributed by atoms with Gasteiger partial charge in [0.15, 0.2) is 0 Å². The molecule has 0 spiro atoms. The first-order valence-electron chi connectivity index (χ1n) is 6.94. The predicted octanol–water partition coefficient (Wildman–Crippen LogP) is 2.50. The average molecular weight is 293 g/mol. The zero-order chi connectivity index (χ0) is 16.2. The van der Waals surface area contributed by atoms with E-state index in [-0.39, 0.29) is 23.1 Å². The molecule has 0 atom stereocenters. The number of hydrogen-bond donors (Lipinski definition) is 1. The number of methoxy groups -OCH3 is 1. The number of carboxylic acids is 1. The molecule has 1 aromatic carbocycles. The molecule has 5 heteroatoms. The Labute approximate surface area is 125 Å². The summed E-state index contributed by atoms with van der Waals surface area (Å²) in [6.45, 7) is 8.11. The number of carboxylic acid groups (broad SMARTS) is 1. The van der Waals surface area contributed by atoms with Crippen LogP contribution in [0.4, 0.5) is 0 Å². The largest absolute Gasteiger partial charge is 0.478 e. The lowest BCUT2D eigenvalue weighted by Crippen LogP contribution is -2.40. The van der Waals surface area contributed by atoms with Crippen molar-refractivity contribution in [1.29, 1.82) is 0 Å². The summed E-state index contributed by atoms with van der Waals surface area (Å²) < 4.78 is 5.03. The van der Waals surface area contributed by atoms with Gasteiger partial charge in [-0.3, -0.25) is 4.79 Å². The molecule has 0 radical (unpaired) electrons. The predicted molar refractivity (Wildman–Crippen MR) is 80.9 cm³/mol. The van der Waals surface area contributed by atoms with Crippen LogP contribution in [-0.4, -0.2) is 48.2 Å². The molecule has 21 heavy (non-hydrogen) atoms. The first kappa shape index (κ1) is 17.2. The number of hydrogen-bond acceptors (Lipinski definition) is 3. The van der Waals surface area contributed by atoms with E-state index in [0.717, 1.165) is 0 Å². The summed E-state index contributed by atoms with van der Waals surface area (Å²) >= 11 is 0. The zero-order valence-corrected chi connectivity index (χ0v) is 13.3. The Hall–Kier alpha value is -1.88. The number of rotatable bonds is 6. The lowest BCUT2D eigenvalue weighted by molar-refractivity contribution is 0.0613. The van der Waals surface area contributed by atoms with Crippen molar-refractivity contribution in [1.82, 2.24) is 4.90 Å². The molecule has 1 aromatic rings. The fraction of sp³-hybridized carbons (Fsp3) is 0.500. The molecule has 0 aliphatic heterocycles. The molecule has 0 bridgehead atoms. The summed E-state index contributed by atoms with van der Waals surface area (Å²) in [6.07, 6.45) is 0. The van der Waals surface area contributed by atoms with Crippen LogP contribution in [0.1, 0.15) is 45.7 Å². The van der Waals surface area contributed by atoms with Crippen LogP contribution in [-0.2, 0) is 4.74 Å². The van der Waals surface area contributed by atoms with Crippen LogP contribution in [0.15, 0.2) is 12.1 Å². The maximum Gasteiger partial charge on any atom is 0.336 e. The minimum Gasteiger partial charge on any atom is -0.478 e. The van der Waals surface area contributed by atoms with Gasteiger partial charge in [0.2, 0.25) is 0 Å². The summed E-state index contributed by atoms with van der Waals surface area (Å²) in [7, 11) is 1.57. The van der Waals surface area contributed by atoms with Crippen molar-refractivity contribution in [3.8, 4) is 0 Å². The van der Waals surface area contributed by atoms with Gasteiger partial charge in [-0.15, -0.1) is 0 Å². The lowest BCUT2D eigenvalue weighted by atomic mass is 9.96. The highest BCUT2D eigenvalue weighted by Gasteiger charge is 2.26. The molecule has 0 saturated carbocycles. The van der Waals surface area contributed by atoms with Crippen LogP contribution < -0.4 is 0 Å². The van der Waals surface area contributed by atoms with Gasteiger partial charge in [0, 0.05) is 19.7 Å². The highest BCUT2D eigenvalue weighted by atomic mass is 16.5. The standard InChI is InChI=1S/C16H23NO4/c1-10(2)17(8-9-21-5)15(18)13-11(3)6-7-12(4)14(13)16(19)20/h6-7,10H,8-9H2,1-5H3,(H,19,20). The first-order chi connectivity index (χ1) is 9.81. The molecule has 1 amide bonds. The molecule has 0 heterocycles. The molecular weight excluding hydrogens is 270 g/mol. The fourth-order valence-electron chi connectivity index (χ4n) is 2.29. The average Bonchev–Trinajstić information content (AvgIpc) is 2.40. The van der Waals surface area contributed by atoms with Crippen molar-refractivity contribution < 1.29 is 19.4 Å². The minimum atomic E-state index is -1.07. The molecule has 1 rings (SSSR count). The molecule has 116 valence electrons. The summed E-state index contributed by atoms with van der Waals surface area (Å²) in [5, 5.41) is 9.42. The quantitative estimate of drug-likeness (QED) is 0.875. The molecule has 0 unspecified atom stereocenters. The summed E-state index contributed by atoms with van der Waals surface area (Å²) in [4.78, 5) is 25.9. The Morgan fingerprint density at radius 3 is 2.14 bits per heavy atom. The Morgan fingerprint density at radius 2 is 1.71 bits per heavy atom. The zero-order valence-electron chi connectivity index (χ0n) is 13.3. The number of amides is 1. The number of carbonyl (C=O) groups excluding carboxylic acids is 1. The summed E-state index contributed by atoms with van der Waals surface area (Å²) in [6, 6.07) is 3.48. The Kier molecular flexibility index (Phi) is 5.90. The SMILES string of the molecule is COCCN(C(=O)c1c(C)ccc(C)c1C(=O)O)C(C)C. The Bertz CT molecular complexity index is 537. The molecule has 1 N–H and O–H groups in total. The molecule has 0 aliphatic rings. The van der Waals surface area contributed by atoms with Crippen molar-refractivity contribution in [2.24, 2.45) is 0 Å². The number of carbonyl (C=O) groups is 2. The maximum absolute atomic E-state index is 12.8. The van der Waals surface area contributed by atoms with Gasteiger partial charge in [-0.1, -0.05) is 12.1 Å². The first-order valence-corrected chi connectivity index (χ1v) is 6.94. The Morgan fingerprint density at radius 1 is 1.19 bits per heavy atom. The number of ether oxygens (including phenoxy) is 1. The van der Waals surface area contributed by atoms with Gasteiger partial charge < -0.3 is 14.7 Å². The van der Waals surface area contributed by atoms with Gasteiger partial charge in [-0.05, 0) is 38.8 Å². The van der Waals surface area contributed by atoms with Gasteiger partial charge >= 0.3 is 5.97 Å². The number of aryl methyl sites for hydroxylation is 2. The molecule has 0 saturated heterocycles. The summed E-state index contributed by atoms with van der Waals surface area (Å²) in [5.41, 5.74) is 1.62. The van der Waals surface area contributed by atoms with E-state index in [2.05, 4.69) is 0 Å². The van der Waals surface area contributed by atoms with E-state index < -0.39 is 5.97 Å². The van der Waals surface area contributed by atoms with Crippen LogP contribution in [0, 0.1) is 13.8 Å². The number of nitrogens with zero attached hydrogens (tertiary/aromatic N) is 1. The van der Waals surface area contributed by atoms with Crippen LogP contribution in [0.2, 0.25) is 0 Å². The van der Waals surface area contributed by atoms with E-state index in [1.807, 2.05) is 13.8 Å². The monoisotopic (exact) mass is 293 g/mol. The van der Waals surface area contributed by atoms with E-state index in [9.17, 15) is 14.7 Å². The summed E-state index contributed by atoms with van der Waals surface area (Å²) in [5.74, 6) is -1.34. The van der Waals surface area contributed by atoms with E-state index in [1.54, 1.807) is 38.0 Å². The third-order valence-corrected chi connectivity index (χ3v) is 3.47. The number of aromatic carboxylic acids is 1. The highest BCUT2D eigenvalue weighted by Crippen LogP contribution is 2.21. The highest BCUT2D eigenvalue weighted by molar-refractivity contribution is 6.06. The minimum absolute atomic E-state index is 0.0331. The maximum atomic E-state index is 12.8. The van der Waals surface area contributed by atoms with Gasteiger partial charge in [0.1, 0.15) is 0 Å². The van der Waals surface area contributed by atoms with Crippen LogP contribution in [0.25, 0.3) is 0 Å². The molecular formula is C16H23NO4. The van der Waals surface area contributed by atoms with Gasteiger partial charge in [0.05, 0.1) is 17.7 Å². The third kappa shape index (κ3) is 3.82. The van der Waals surface area contributed by atoms with Crippen LogP contribution in [0.5, 0.6) is 0 Å². The van der Waals surface area contributed by atoms with Crippen molar-refractivity contribution in [2.75, 3.05) is 20.3 Å². The Balaban J connectivity index is 3.33. The second kappa shape index (κ2) is 7.22. The third-order valence-electron chi connectivity index (χ3n) is 3.47. The van der Waals surface area contributed by atoms with Crippen molar-refractivity contribution in [2.45, 2.75) is 33.7 Å². The second-order valence-corrected chi connectivity index (χ2v) is 5.34. The van der Waals surface area contributed by atoms with Crippen LogP contribution >= 0.6 is 0 Å². The molecule has 5 nitrogen and oxygen atoms in total. The molecule has 0 aliphatic carbocycles. The molecule has 0 aromatic heterocycles.